The third-order valence-corrected chi connectivity index (χ3v) is 0.556. The van der Waals surface area contributed by atoms with Gasteiger partial charge in [0.1, 0.15) is 0 Å². The molecule has 0 aliphatic carbocycles. The summed E-state index contributed by atoms with van der Waals surface area (Å²) in [6, 6.07) is 15.2. The molecule has 0 atom stereocenters. The zero-order valence-corrected chi connectivity index (χ0v) is 10.8. The Labute approximate surface area is 105 Å². The molecule has 0 saturated heterocycles. The summed E-state index contributed by atoms with van der Waals surface area (Å²) in [5.41, 5.74) is 0. The SMILES string of the molecule is CC#N.CC#N.CC#N.[Ru+].c1cc[cH-]c1. The van der Waals surface area contributed by atoms with Gasteiger partial charge in [-0.05, 0) is 0 Å². The Morgan fingerprint density at radius 1 is 0.800 bits per heavy atom. The van der Waals surface area contributed by atoms with Crippen LogP contribution in [0.2, 0.25) is 0 Å². The van der Waals surface area contributed by atoms with Crippen molar-refractivity contribution in [2.75, 3.05) is 0 Å². The summed E-state index contributed by atoms with van der Waals surface area (Å²) < 4.78 is 0. The first-order valence-corrected chi connectivity index (χ1v) is 3.84. The van der Waals surface area contributed by atoms with E-state index in [1.165, 1.54) is 20.8 Å². The van der Waals surface area contributed by atoms with Crippen molar-refractivity contribution < 1.29 is 19.5 Å². The van der Waals surface area contributed by atoms with Gasteiger partial charge in [-0.1, -0.05) is 0 Å². The standard InChI is InChI=1S/C5H5.3C2H3N.Ru/c1-2-4-5-3-1;3*1-2-3;/h1-5H;3*1H3;/q-1;;;;+1. The van der Waals surface area contributed by atoms with E-state index in [0.717, 1.165) is 0 Å². The van der Waals surface area contributed by atoms with Crippen LogP contribution in [0.3, 0.4) is 0 Å². The van der Waals surface area contributed by atoms with Crippen LogP contribution in [0.15, 0.2) is 30.3 Å². The van der Waals surface area contributed by atoms with Crippen LogP contribution in [0.1, 0.15) is 20.8 Å². The predicted octanol–water partition coefficient (Wildman–Crippen LogP) is 2.99. The van der Waals surface area contributed by atoms with Crippen molar-refractivity contribution in [1.82, 2.24) is 0 Å². The van der Waals surface area contributed by atoms with Crippen LogP contribution in [0.4, 0.5) is 0 Å². The summed E-state index contributed by atoms with van der Waals surface area (Å²) >= 11 is 0. The first-order valence-electron chi connectivity index (χ1n) is 3.84. The molecule has 4 heteroatoms. The molecule has 1 rings (SSSR count). The van der Waals surface area contributed by atoms with Gasteiger partial charge in [0.15, 0.2) is 0 Å². The number of rotatable bonds is 0. The van der Waals surface area contributed by atoms with Gasteiger partial charge in [-0.3, -0.25) is 0 Å². The maximum atomic E-state index is 7.32. The van der Waals surface area contributed by atoms with Crippen LogP contribution < -0.4 is 0 Å². The molecule has 0 aliphatic heterocycles. The summed E-state index contributed by atoms with van der Waals surface area (Å²) in [5.74, 6) is 0. The van der Waals surface area contributed by atoms with Gasteiger partial charge in [0.2, 0.25) is 0 Å². The van der Waals surface area contributed by atoms with E-state index < -0.39 is 0 Å². The molecule has 15 heavy (non-hydrogen) atoms. The molecule has 0 amide bonds. The largest absolute Gasteiger partial charge is 1.00 e. The molecular weight excluding hydrogens is 275 g/mol. The van der Waals surface area contributed by atoms with Crippen molar-refractivity contribution in [3.8, 4) is 18.2 Å². The van der Waals surface area contributed by atoms with E-state index in [9.17, 15) is 0 Å². The predicted molar refractivity (Wildman–Crippen MR) is 55.9 cm³/mol. The Kier molecular flexibility index (Phi) is 61.1. The maximum Gasteiger partial charge on any atom is 1.00 e. The Morgan fingerprint density at radius 3 is 1.07 bits per heavy atom. The molecule has 1 aromatic rings. The second-order valence-electron chi connectivity index (χ2n) is 1.63. The summed E-state index contributed by atoms with van der Waals surface area (Å²) in [6.07, 6.45) is 0. The van der Waals surface area contributed by atoms with Crippen molar-refractivity contribution in [3.63, 3.8) is 0 Å². The number of hydrogen-bond donors (Lipinski definition) is 0. The molecule has 3 nitrogen and oxygen atoms in total. The molecular formula is C11H14N3Ru. The van der Waals surface area contributed by atoms with E-state index in [2.05, 4.69) is 0 Å². The topological polar surface area (TPSA) is 71.4 Å². The molecule has 1 radical (unpaired) electrons. The van der Waals surface area contributed by atoms with Crippen LogP contribution in [0.5, 0.6) is 0 Å². The Balaban J connectivity index is -0.0000000550. The van der Waals surface area contributed by atoms with Gasteiger partial charge in [-0.15, -0.1) is 0 Å². The van der Waals surface area contributed by atoms with Crippen LogP contribution in [0, 0.1) is 34.0 Å². The van der Waals surface area contributed by atoms with Gasteiger partial charge in [-0.25, -0.2) is 12.1 Å². The fraction of sp³-hybridized carbons (Fsp3) is 0.273. The van der Waals surface area contributed by atoms with Crippen LogP contribution in [-0.2, 0) is 19.5 Å². The molecule has 0 aromatic heterocycles. The summed E-state index contributed by atoms with van der Waals surface area (Å²) in [4.78, 5) is 0. The smallest absolute Gasteiger partial charge is 0.214 e. The van der Waals surface area contributed by atoms with Crippen LogP contribution in [0.25, 0.3) is 0 Å². The molecule has 0 heterocycles. The van der Waals surface area contributed by atoms with E-state index in [0.29, 0.717) is 0 Å². The number of nitriles is 3. The van der Waals surface area contributed by atoms with Crippen molar-refractivity contribution in [3.05, 3.63) is 30.3 Å². The third kappa shape index (κ3) is 114. The van der Waals surface area contributed by atoms with Crippen molar-refractivity contribution >= 4 is 0 Å². The zero-order valence-electron chi connectivity index (χ0n) is 9.08. The van der Waals surface area contributed by atoms with Gasteiger partial charge in [0.25, 0.3) is 0 Å². The second-order valence-corrected chi connectivity index (χ2v) is 1.63. The molecule has 0 bridgehead atoms. The van der Waals surface area contributed by atoms with E-state index >= 15 is 0 Å². The first kappa shape index (κ1) is 23.3. The molecule has 0 unspecified atom stereocenters. The monoisotopic (exact) mass is 290 g/mol. The molecule has 0 saturated carbocycles. The van der Waals surface area contributed by atoms with Crippen molar-refractivity contribution in [2.24, 2.45) is 0 Å². The van der Waals surface area contributed by atoms with E-state index in [4.69, 9.17) is 15.8 Å². The minimum absolute atomic E-state index is 0. The Hall–Kier alpha value is -1.56. The average Bonchev–Trinajstić information content (AvgIpc) is 2.63. The third-order valence-electron chi connectivity index (χ3n) is 0.556. The van der Waals surface area contributed by atoms with Gasteiger partial charge < -0.3 is 0 Å². The summed E-state index contributed by atoms with van der Waals surface area (Å²) in [6.45, 7) is 4.29. The average molecular weight is 289 g/mol. The summed E-state index contributed by atoms with van der Waals surface area (Å²) in [5, 5.41) is 22.0. The quantitative estimate of drug-likeness (QED) is 0.544. The summed E-state index contributed by atoms with van der Waals surface area (Å²) in [7, 11) is 0. The molecule has 0 N–H and O–H groups in total. The normalized spacial score (nSPS) is 4.27. The van der Waals surface area contributed by atoms with E-state index in [1.54, 1.807) is 18.2 Å². The van der Waals surface area contributed by atoms with E-state index in [-0.39, 0.29) is 19.5 Å². The Morgan fingerprint density at radius 2 is 1.00 bits per heavy atom. The number of hydrogen-bond acceptors (Lipinski definition) is 3. The van der Waals surface area contributed by atoms with Crippen molar-refractivity contribution in [1.29, 1.82) is 15.8 Å². The minimum Gasteiger partial charge on any atom is -0.214 e. The fourth-order valence-corrected chi connectivity index (χ4v) is 0.321. The van der Waals surface area contributed by atoms with Gasteiger partial charge >= 0.3 is 19.5 Å². The fourth-order valence-electron chi connectivity index (χ4n) is 0.321. The Bertz CT molecular complexity index is 227. The first-order chi connectivity index (χ1) is 6.74. The maximum absolute atomic E-state index is 7.32. The van der Waals surface area contributed by atoms with E-state index in [1.807, 2.05) is 30.3 Å². The molecule has 0 fully saturated rings. The van der Waals surface area contributed by atoms with Crippen LogP contribution >= 0.6 is 0 Å². The molecule has 81 valence electrons. The van der Waals surface area contributed by atoms with Crippen molar-refractivity contribution in [2.45, 2.75) is 20.8 Å². The second kappa shape index (κ2) is 39.2. The van der Waals surface area contributed by atoms with Gasteiger partial charge in [0, 0.05) is 20.8 Å². The number of nitrogens with zero attached hydrogens (tertiary/aromatic N) is 3. The molecule has 0 aliphatic rings. The van der Waals surface area contributed by atoms with Gasteiger partial charge in [0.05, 0.1) is 18.2 Å². The zero-order chi connectivity index (χ0) is 11.7. The molecule has 1 aromatic carbocycles. The minimum atomic E-state index is 0. The van der Waals surface area contributed by atoms with Gasteiger partial charge in [-0.2, -0.15) is 34.0 Å². The van der Waals surface area contributed by atoms with Crippen LogP contribution in [-0.4, -0.2) is 0 Å². The molecule has 0 spiro atoms.